The maximum Gasteiger partial charge on any atom is 0.243 e. The highest BCUT2D eigenvalue weighted by Gasteiger charge is 2.46. The van der Waals surface area contributed by atoms with E-state index in [2.05, 4.69) is 54.2 Å². The van der Waals surface area contributed by atoms with Crippen molar-refractivity contribution in [2.75, 3.05) is 40.8 Å². The van der Waals surface area contributed by atoms with Crippen LogP contribution in [0.2, 0.25) is 0 Å². The van der Waals surface area contributed by atoms with E-state index in [1.807, 2.05) is 13.8 Å². The molecule has 44 heavy (non-hydrogen) atoms. The van der Waals surface area contributed by atoms with Crippen LogP contribution >= 0.6 is 0 Å². The molecular formula is C36H53N3O4S. The Morgan fingerprint density at radius 1 is 0.932 bits per heavy atom. The molecule has 1 atom stereocenters. The van der Waals surface area contributed by atoms with Gasteiger partial charge in [-0.05, 0) is 126 Å². The van der Waals surface area contributed by atoms with E-state index < -0.39 is 10.0 Å². The zero-order valence-electron chi connectivity index (χ0n) is 27.6. The number of carbonyl (C=O) groups excluding carboxylic acids is 1. The number of amides is 1. The van der Waals surface area contributed by atoms with E-state index in [0.29, 0.717) is 29.0 Å². The van der Waals surface area contributed by atoms with Gasteiger partial charge in [0, 0.05) is 37.6 Å². The van der Waals surface area contributed by atoms with E-state index in [4.69, 9.17) is 4.74 Å². The molecule has 5 rings (SSSR count). The number of hydrogen-bond donors (Lipinski definition) is 0. The molecule has 1 unspecified atom stereocenters. The predicted molar refractivity (Wildman–Crippen MR) is 176 cm³/mol. The second-order valence-electron chi connectivity index (χ2n) is 13.9. The number of ether oxygens (including phenoxy) is 1. The van der Waals surface area contributed by atoms with Gasteiger partial charge in [0.25, 0.3) is 0 Å². The van der Waals surface area contributed by atoms with Gasteiger partial charge in [-0.15, -0.1) is 0 Å². The Balaban J connectivity index is 1.14. The highest BCUT2D eigenvalue weighted by atomic mass is 32.2. The van der Waals surface area contributed by atoms with Crippen LogP contribution in [0.25, 0.3) is 0 Å². The molecule has 0 N–H and O–H groups in total. The zero-order valence-corrected chi connectivity index (χ0v) is 28.4. The summed E-state index contributed by atoms with van der Waals surface area (Å²) in [7, 11) is 2.40. The Morgan fingerprint density at radius 3 is 2.16 bits per heavy atom. The number of carbonyl (C=O) groups is 1. The fourth-order valence-electron chi connectivity index (χ4n) is 8.45. The van der Waals surface area contributed by atoms with Gasteiger partial charge in [0.1, 0.15) is 5.75 Å². The lowest BCUT2D eigenvalue weighted by atomic mass is 9.61. The van der Waals surface area contributed by atoms with Gasteiger partial charge >= 0.3 is 0 Å². The van der Waals surface area contributed by atoms with Crippen LogP contribution in [0.15, 0.2) is 47.4 Å². The number of aryl methyl sites for hydroxylation is 2. The molecule has 2 saturated heterocycles. The second kappa shape index (κ2) is 13.5. The first kappa shape index (κ1) is 33.0. The molecule has 0 bridgehead atoms. The first-order valence-corrected chi connectivity index (χ1v) is 18.1. The minimum Gasteiger partial charge on any atom is -0.497 e. The van der Waals surface area contributed by atoms with Crippen molar-refractivity contribution in [3.63, 3.8) is 0 Å². The SMILES string of the molecule is COc1cc(C)c(S(=O)(=O)N2CCCCC2CCCC(=O)N2CCC3(CC2)CCC(c2ccccc2)(N(C)C)CC3)c(C)c1. The van der Waals surface area contributed by atoms with Crippen molar-refractivity contribution in [1.29, 1.82) is 0 Å². The Morgan fingerprint density at radius 2 is 1.57 bits per heavy atom. The molecule has 242 valence electrons. The van der Waals surface area contributed by atoms with Crippen molar-refractivity contribution in [3.05, 3.63) is 59.2 Å². The minimum absolute atomic E-state index is 0.0594. The summed E-state index contributed by atoms with van der Waals surface area (Å²) in [4.78, 5) is 18.2. The van der Waals surface area contributed by atoms with E-state index in [0.717, 1.165) is 82.0 Å². The predicted octanol–water partition coefficient (Wildman–Crippen LogP) is 6.67. The molecule has 0 aromatic heterocycles. The van der Waals surface area contributed by atoms with Gasteiger partial charge in [0.15, 0.2) is 0 Å². The van der Waals surface area contributed by atoms with E-state index in [1.54, 1.807) is 23.5 Å². The maximum atomic E-state index is 13.9. The molecular weight excluding hydrogens is 570 g/mol. The second-order valence-corrected chi connectivity index (χ2v) is 15.7. The van der Waals surface area contributed by atoms with E-state index >= 15 is 0 Å². The van der Waals surface area contributed by atoms with Gasteiger partial charge in [0.05, 0.1) is 12.0 Å². The topological polar surface area (TPSA) is 70.2 Å². The van der Waals surface area contributed by atoms with Crippen LogP contribution in [0, 0.1) is 19.3 Å². The molecule has 2 aromatic carbocycles. The Labute approximate surface area is 266 Å². The molecule has 1 spiro atoms. The van der Waals surface area contributed by atoms with Crippen molar-refractivity contribution in [2.24, 2.45) is 5.41 Å². The van der Waals surface area contributed by atoms with Crippen molar-refractivity contribution in [2.45, 2.75) is 107 Å². The Bertz CT molecular complexity index is 1370. The number of benzene rings is 2. The highest BCUT2D eigenvalue weighted by Crippen LogP contribution is 2.52. The lowest BCUT2D eigenvalue weighted by molar-refractivity contribution is -0.134. The van der Waals surface area contributed by atoms with Crippen LogP contribution in [-0.4, -0.2) is 75.3 Å². The third kappa shape index (κ3) is 6.59. The van der Waals surface area contributed by atoms with Crippen LogP contribution in [0.3, 0.4) is 0 Å². The quantitative estimate of drug-likeness (QED) is 0.312. The molecule has 3 aliphatic rings. The fourth-order valence-corrected chi connectivity index (χ4v) is 10.6. The van der Waals surface area contributed by atoms with Gasteiger partial charge in [-0.2, -0.15) is 4.31 Å². The smallest absolute Gasteiger partial charge is 0.243 e. The molecule has 1 amide bonds. The molecule has 7 nitrogen and oxygen atoms in total. The van der Waals surface area contributed by atoms with Gasteiger partial charge < -0.3 is 9.64 Å². The largest absolute Gasteiger partial charge is 0.497 e. The lowest BCUT2D eigenvalue weighted by Crippen LogP contribution is -2.50. The van der Waals surface area contributed by atoms with Crippen LogP contribution < -0.4 is 4.74 Å². The molecule has 8 heteroatoms. The maximum absolute atomic E-state index is 13.9. The van der Waals surface area contributed by atoms with Crippen LogP contribution in [0.1, 0.15) is 93.7 Å². The molecule has 1 saturated carbocycles. The monoisotopic (exact) mass is 623 g/mol. The van der Waals surface area contributed by atoms with Crippen LogP contribution in [0.4, 0.5) is 0 Å². The van der Waals surface area contributed by atoms with Gasteiger partial charge in [-0.3, -0.25) is 9.69 Å². The molecule has 1 aliphatic carbocycles. The number of methoxy groups -OCH3 is 1. The van der Waals surface area contributed by atoms with E-state index in [1.165, 1.54) is 18.4 Å². The van der Waals surface area contributed by atoms with Crippen molar-refractivity contribution in [3.8, 4) is 5.75 Å². The summed E-state index contributed by atoms with van der Waals surface area (Å²) in [5.41, 5.74) is 3.31. The molecule has 0 radical (unpaired) electrons. The standard InChI is InChI=1S/C36H53N3O4S/c1-28-26-32(43-5)27-29(2)34(28)44(41,42)39-23-10-9-14-31(39)15-11-16-33(40)38-24-21-35(22-25-38)17-19-36(20-18-35,37(3)4)30-12-7-6-8-13-30/h6-8,12-13,26-27,31H,9-11,14-25H2,1-5H3. The number of sulfonamides is 1. The van der Waals surface area contributed by atoms with Crippen molar-refractivity contribution in [1.82, 2.24) is 14.1 Å². The molecule has 2 heterocycles. The van der Waals surface area contributed by atoms with Gasteiger partial charge in [-0.1, -0.05) is 36.8 Å². The van der Waals surface area contributed by atoms with Crippen molar-refractivity contribution >= 4 is 15.9 Å². The summed E-state index contributed by atoms with van der Waals surface area (Å²) in [6.07, 6.45) is 11.6. The van der Waals surface area contributed by atoms with Crippen LogP contribution in [-0.2, 0) is 20.4 Å². The number of rotatable bonds is 9. The average molecular weight is 624 g/mol. The number of piperidine rings is 2. The Hall–Kier alpha value is -2.42. The summed E-state index contributed by atoms with van der Waals surface area (Å²) in [5.74, 6) is 0.906. The first-order valence-electron chi connectivity index (χ1n) is 16.7. The highest BCUT2D eigenvalue weighted by molar-refractivity contribution is 7.89. The Kier molecular flexibility index (Phi) is 10.1. The van der Waals surface area contributed by atoms with Gasteiger partial charge in [0.2, 0.25) is 15.9 Å². The average Bonchev–Trinajstić information content (AvgIpc) is 3.02. The summed E-state index contributed by atoms with van der Waals surface area (Å²) < 4.78 is 34.9. The zero-order chi connectivity index (χ0) is 31.5. The fraction of sp³-hybridized carbons (Fsp3) is 0.639. The number of likely N-dealkylation sites (tertiary alicyclic amines) is 1. The summed E-state index contributed by atoms with van der Waals surface area (Å²) in [5, 5.41) is 0. The van der Waals surface area contributed by atoms with Crippen LogP contribution in [0.5, 0.6) is 5.75 Å². The summed E-state index contributed by atoms with van der Waals surface area (Å²) in [6, 6.07) is 14.5. The molecule has 2 aliphatic heterocycles. The third-order valence-electron chi connectivity index (χ3n) is 11.2. The third-order valence-corrected chi connectivity index (χ3v) is 13.5. The molecule has 3 fully saturated rings. The van der Waals surface area contributed by atoms with E-state index in [9.17, 15) is 13.2 Å². The lowest BCUT2D eigenvalue weighted by Gasteiger charge is -2.52. The summed E-state index contributed by atoms with van der Waals surface area (Å²) >= 11 is 0. The van der Waals surface area contributed by atoms with Crippen molar-refractivity contribution < 1.29 is 17.9 Å². The number of nitrogens with zero attached hydrogens (tertiary/aromatic N) is 3. The van der Waals surface area contributed by atoms with Gasteiger partial charge in [-0.25, -0.2) is 8.42 Å². The van der Waals surface area contributed by atoms with E-state index in [-0.39, 0.29) is 17.5 Å². The normalized spacial score (nSPS) is 22.3. The minimum atomic E-state index is -3.64. The summed E-state index contributed by atoms with van der Waals surface area (Å²) in [6.45, 7) is 5.92. The number of hydrogen-bond acceptors (Lipinski definition) is 5. The molecule has 2 aromatic rings. The first-order chi connectivity index (χ1) is 21.0.